The van der Waals surface area contributed by atoms with Crippen LogP contribution in [-0.2, 0) is 13.2 Å². The Hall–Kier alpha value is -2.49. The third-order valence-electron chi connectivity index (χ3n) is 3.05. The molecule has 2 rings (SSSR count). The van der Waals surface area contributed by atoms with E-state index in [4.69, 9.17) is 17.3 Å². The van der Waals surface area contributed by atoms with E-state index in [1.807, 2.05) is 0 Å². The van der Waals surface area contributed by atoms with Crippen LogP contribution in [0.5, 0.6) is 5.75 Å². The second-order valence-electron chi connectivity index (χ2n) is 4.49. The normalized spacial score (nSPS) is 11.7. The molecule has 0 atom stereocenters. The summed E-state index contributed by atoms with van der Waals surface area (Å²) in [6.07, 6.45) is -4.97. The molecule has 0 saturated carbocycles. The number of benzene rings is 1. The summed E-state index contributed by atoms with van der Waals surface area (Å²) in [5, 5.41) is 9.41. The van der Waals surface area contributed by atoms with E-state index in [-0.39, 0.29) is 20.2 Å². The van der Waals surface area contributed by atoms with Gasteiger partial charge in [0.1, 0.15) is 11.4 Å². The minimum Gasteiger partial charge on any atom is -0.504 e. The molecular formula is C12H8ClF4N3O3. The number of hydrogen-bond acceptors (Lipinski definition) is 4. The summed E-state index contributed by atoms with van der Waals surface area (Å²) in [5.41, 5.74) is -0.663. The highest BCUT2D eigenvalue weighted by Gasteiger charge is 2.35. The second kappa shape index (κ2) is 5.30. The molecule has 0 spiro atoms. The van der Waals surface area contributed by atoms with Gasteiger partial charge in [-0.2, -0.15) is 13.2 Å². The van der Waals surface area contributed by atoms with Gasteiger partial charge in [0.25, 0.3) is 5.56 Å². The van der Waals surface area contributed by atoms with Gasteiger partial charge in [0.2, 0.25) is 0 Å². The molecule has 11 heteroatoms. The number of nitrogens with two attached hydrogens (primary N) is 1. The van der Waals surface area contributed by atoms with Crippen LogP contribution in [0.3, 0.4) is 0 Å². The van der Waals surface area contributed by atoms with Crippen molar-refractivity contribution < 1.29 is 22.7 Å². The van der Waals surface area contributed by atoms with Crippen molar-refractivity contribution in [3.05, 3.63) is 49.5 Å². The highest BCUT2D eigenvalue weighted by Crippen LogP contribution is 2.35. The lowest BCUT2D eigenvalue weighted by atomic mass is 10.2. The fourth-order valence-corrected chi connectivity index (χ4v) is 2.11. The van der Waals surface area contributed by atoms with E-state index >= 15 is 0 Å². The third kappa shape index (κ3) is 2.65. The zero-order valence-electron chi connectivity index (χ0n) is 11.3. The Morgan fingerprint density at radius 1 is 1.26 bits per heavy atom. The van der Waals surface area contributed by atoms with Crippen molar-refractivity contribution in [2.24, 2.45) is 7.05 Å². The second-order valence-corrected chi connectivity index (χ2v) is 4.90. The van der Waals surface area contributed by atoms with Crippen LogP contribution in [0.25, 0.3) is 5.69 Å². The van der Waals surface area contributed by atoms with Crippen molar-refractivity contribution in [3.8, 4) is 11.4 Å². The van der Waals surface area contributed by atoms with Crippen molar-refractivity contribution in [2.75, 3.05) is 5.73 Å². The molecule has 0 fully saturated rings. The van der Waals surface area contributed by atoms with E-state index in [9.17, 15) is 32.3 Å². The Bertz CT molecular complexity index is 918. The molecule has 0 aliphatic rings. The number of rotatable bonds is 1. The number of anilines is 1. The Balaban J connectivity index is 2.94. The maximum absolute atomic E-state index is 14.0. The Kier molecular flexibility index (Phi) is 3.89. The van der Waals surface area contributed by atoms with Gasteiger partial charge < -0.3 is 10.8 Å². The molecule has 0 aliphatic carbocycles. The standard InChI is InChI=1S/C12H8ClF4N3O3/c1-19-6(12(15,16)17)3-7(21)20(11(19)23)9-5(14)2-4(13)8(18)10(9)22/h2-3,22H,18H2,1H3. The minimum atomic E-state index is -4.97. The fraction of sp³-hybridized carbons (Fsp3) is 0.167. The molecule has 0 saturated heterocycles. The summed E-state index contributed by atoms with van der Waals surface area (Å²) < 4.78 is 52.4. The Labute approximate surface area is 130 Å². The molecule has 0 unspecified atom stereocenters. The first kappa shape index (κ1) is 16.9. The first-order valence-corrected chi connectivity index (χ1v) is 6.21. The summed E-state index contributed by atoms with van der Waals surface area (Å²) >= 11 is 5.53. The SMILES string of the molecule is Cn1c(C(F)(F)F)cc(=O)n(-c2c(F)cc(Cl)c(N)c2O)c1=O. The van der Waals surface area contributed by atoms with Crippen molar-refractivity contribution in [3.63, 3.8) is 0 Å². The topological polar surface area (TPSA) is 90.2 Å². The van der Waals surface area contributed by atoms with Crippen molar-refractivity contribution in [2.45, 2.75) is 6.18 Å². The number of nitrogens with zero attached hydrogens (tertiary/aromatic N) is 2. The van der Waals surface area contributed by atoms with Gasteiger partial charge >= 0.3 is 11.9 Å². The van der Waals surface area contributed by atoms with Gasteiger partial charge in [-0.3, -0.25) is 9.36 Å². The lowest BCUT2D eigenvalue weighted by Gasteiger charge is -2.15. The molecule has 1 heterocycles. The first-order valence-electron chi connectivity index (χ1n) is 5.84. The molecule has 0 bridgehead atoms. The zero-order chi connectivity index (χ0) is 17.7. The number of alkyl halides is 3. The van der Waals surface area contributed by atoms with Gasteiger partial charge in [-0.05, 0) is 6.07 Å². The average molecular weight is 354 g/mol. The van der Waals surface area contributed by atoms with E-state index in [0.29, 0.717) is 6.07 Å². The number of aromatic hydroxyl groups is 1. The molecule has 0 aliphatic heterocycles. The molecular weight excluding hydrogens is 346 g/mol. The molecule has 6 nitrogen and oxygen atoms in total. The van der Waals surface area contributed by atoms with Crippen LogP contribution in [0.2, 0.25) is 5.02 Å². The fourth-order valence-electron chi connectivity index (χ4n) is 1.93. The van der Waals surface area contributed by atoms with Gasteiger partial charge in [0.15, 0.2) is 11.6 Å². The van der Waals surface area contributed by atoms with Crippen LogP contribution in [-0.4, -0.2) is 14.2 Å². The van der Waals surface area contributed by atoms with Gasteiger partial charge in [-0.25, -0.2) is 13.8 Å². The van der Waals surface area contributed by atoms with Crippen LogP contribution < -0.4 is 17.0 Å². The summed E-state index contributed by atoms with van der Waals surface area (Å²) in [7, 11) is 0.745. The van der Waals surface area contributed by atoms with Crippen molar-refractivity contribution >= 4 is 17.3 Å². The van der Waals surface area contributed by atoms with Crippen LogP contribution in [0.15, 0.2) is 21.7 Å². The van der Waals surface area contributed by atoms with Gasteiger partial charge in [-0.15, -0.1) is 0 Å². The van der Waals surface area contributed by atoms with E-state index in [1.165, 1.54) is 0 Å². The first-order chi connectivity index (χ1) is 10.5. The summed E-state index contributed by atoms with van der Waals surface area (Å²) in [6, 6.07) is 0.723. The van der Waals surface area contributed by atoms with Crippen LogP contribution in [0.1, 0.15) is 5.69 Å². The molecule has 23 heavy (non-hydrogen) atoms. The maximum Gasteiger partial charge on any atom is 0.431 e. The molecule has 2 aromatic rings. The van der Waals surface area contributed by atoms with Gasteiger partial charge in [0.05, 0.1) is 10.7 Å². The van der Waals surface area contributed by atoms with Gasteiger partial charge in [0, 0.05) is 13.1 Å². The highest BCUT2D eigenvalue weighted by molar-refractivity contribution is 6.33. The van der Waals surface area contributed by atoms with Crippen LogP contribution in [0.4, 0.5) is 23.2 Å². The number of phenolic OH excluding ortho intramolecular Hbond substituents is 1. The lowest BCUT2D eigenvalue weighted by molar-refractivity contribution is -0.144. The number of halogens is 5. The zero-order valence-corrected chi connectivity index (χ0v) is 12.0. The largest absolute Gasteiger partial charge is 0.504 e. The molecule has 1 aromatic carbocycles. The predicted molar refractivity (Wildman–Crippen MR) is 73.3 cm³/mol. The number of phenols is 1. The number of nitrogen functional groups attached to an aromatic ring is 1. The van der Waals surface area contributed by atoms with E-state index in [0.717, 1.165) is 7.05 Å². The van der Waals surface area contributed by atoms with Crippen molar-refractivity contribution in [1.29, 1.82) is 0 Å². The van der Waals surface area contributed by atoms with E-state index in [2.05, 4.69) is 0 Å². The van der Waals surface area contributed by atoms with Crippen molar-refractivity contribution in [1.82, 2.24) is 9.13 Å². The summed E-state index contributed by atoms with van der Waals surface area (Å²) in [5.74, 6) is -2.34. The smallest absolute Gasteiger partial charge is 0.431 e. The number of aromatic nitrogens is 2. The Morgan fingerprint density at radius 2 is 1.83 bits per heavy atom. The maximum atomic E-state index is 14.0. The molecule has 1 aromatic heterocycles. The minimum absolute atomic E-state index is 0.0343. The monoisotopic (exact) mass is 353 g/mol. The highest BCUT2D eigenvalue weighted by atomic mass is 35.5. The molecule has 124 valence electrons. The molecule has 0 radical (unpaired) electrons. The summed E-state index contributed by atoms with van der Waals surface area (Å²) in [6.45, 7) is 0. The Morgan fingerprint density at radius 3 is 2.35 bits per heavy atom. The quantitative estimate of drug-likeness (QED) is 0.463. The van der Waals surface area contributed by atoms with Gasteiger partial charge in [-0.1, -0.05) is 11.6 Å². The molecule has 0 amide bonds. The van der Waals surface area contributed by atoms with Crippen LogP contribution in [0, 0.1) is 5.82 Å². The summed E-state index contributed by atoms with van der Waals surface area (Å²) in [4.78, 5) is 23.9. The van der Waals surface area contributed by atoms with E-state index < -0.39 is 46.1 Å². The lowest BCUT2D eigenvalue weighted by Crippen LogP contribution is -2.41. The average Bonchev–Trinajstić information content (AvgIpc) is 2.42. The van der Waals surface area contributed by atoms with Crippen LogP contribution >= 0.6 is 11.6 Å². The van der Waals surface area contributed by atoms with E-state index in [1.54, 1.807) is 0 Å². The number of hydrogen-bond donors (Lipinski definition) is 2. The molecule has 3 N–H and O–H groups in total. The predicted octanol–water partition coefficient (Wildman–Crippen LogP) is 1.64. The third-order valence-corrected chi connectivity index (χ3v) is 3.36.